The molecule has 1 heterocycles. The van der Waals surface area contributed by atoms with E-state index in [1.54, 1.807) is 17.4 Å². The van der Waals surface area contributed by atoms with Gasteiger partial charge in [0.1, 0.15) is 0 Å². The van der Waals surface area contributed by atoms with E-state index in [-0.39, 0.29) is 0 Å². The van der Waals surface area contributed by atoms with Crippen molar-refractivity contribution >= 4 is 39.0 Å². The van der Waals surface area contributed by atoms with E-state index in [1.165, 1.54) is 7.11 Å². The van der Waals surface area contributed by atoms with E-state index < -0.39 is 11.9 Å². The van der Waals surface area contributed by atoms with Gasteiger partial charge in [-0.15, -0.1) is 11.3 Å². The van der Waals surface area contributed by atoms with Crippen molar-refractivity contribution in [1.29, 1.82) is 0 Å². The van der Waals surface area contributed by atoms with Crippen LogP contribution in [0.4, 0.5) is 5.69 Å². The quantitative estimate of drug-likeness (QED) is 0.607. The average Bonchev–Trinajstić information content (AvgIpc) is 2.75. The summed E-state index contributed by atoms with van der Waals surface area (Å²) in [5.41, 5.74) is 0.585. The van der Waals surface area contributed by atoms with Gasteiger partial charge in [0.25, 0.3) is 0 Å². The summed E-state index contributed by atoms with van der Waals surface area (Å²) in [6.45, 7) is 0. The molecule has 0 fully saturated rings. The lowest BCUT2D eigenvalue weighted by Crippen LogP contribution is -2.23. The molecule has 5 heteroatoms. The number of amides is 1. The van der Waals surface area contributed by atoms with Gasteiger partial charge >= 0.3 is 11.9 Å². The summed E-state index contributed by atoms with van der Waals surface area (Å²) in [5, 5.41) is 5.47. The summed E-state index contributed by atoms with van der Waals surface area (Å²) in [5.74, 6) is -1.66. The Hall–Kier alpha value is -1.88. The van der Waals surface area contributed by atoms with Crippen molar-refractivity contribution in [3.05, 3.63) is 29.6 Å². The molecule has 0 atom stereocenters. The lowest BCUT2D eigenvalue weighted by Gasteiger charge is -2.03. The molecule has 0 saturated carbocycles. The average molecular weight is 235 g/mol. The maximum absolute atomic E-state index is 11.2. The number of thiophene rings is 1. The first-order valence-corrected chi connectivity index (χ1v) is 5.45. The van der Waals surface area contributed by atoms with Gasteiger partial charge in [0.15, 0.2) is 0 Å². The lowest BCUT2D eigenvalue weighted by molar-refractivity contribution is -0.150. The Morgan fingerprint density at radius 2 is 2.12 bits per heavy atom. The van der Waals surface area contributed by atoms with Crippen molar-refractivity contribution in [1.82, 2.24) is 0 Å². The molecule has 16 heavy (non-hydrogen) atoms. The summed E-state index contributed by atoms with van der Waals surface area (Å²) in [4.78, 5) is 22.1. The fourth-order valence-corrected chi connectivity index (χ4v) is 2.09. The molecule has 1 aromatic carbocycles. The standard InChI is InChI=1S/C11H9NO3S/c1-15-11(14)10(13)12-8-2-3-9-7(6-8)4-5-16-9/h2-6H,1H3,(H,12,13). The van der Waals surface area contributed by atoms with Gasteiger partial charge in [-0.3, -0.25) is 4.79 Å². The molecule has 0 saturated heterocycles. The van der Waals surface area contributed by atoms with Crippen LogP contribution in [0.25, 0.3) is 10.1 Å². The summed E-state index contributed by atoms with van der Waals surface area (Å²) < 4.78 is 5.44. The number of nitrogens with one attached hydrogen (secondary N) is 1. The van der Waals surface area contributed by atoms with Crippen molar-refractivity contribution in [2.24, 2.45) is 0 Å². The predicted octanol–water partition coefficient (Wildman–Crippen LogP) is 2.01. The number of fused-ring (bicyclic) bond motifs is 1. The van der Waals surface area contributed by atoms with E-state index in [4.69, 9.17) is 0 Å². The summed E-state index contributed by atoms with van der Waals surface area (Å²) in [6, 6.07) is 7.41. The van der Waals surface area contributed by atoms with Crippen molar-refractivity contribution in [3.63, 3.8) is 0 Å². The third-order valence-electron chi connectivity index (χ3n) is 2.08. The van der Waals surface area contributed by atoms with E-state index >= 15 is 0 Å². The Kier molecular flexibility index (Phi) is 2.87. The predicted molar refractivity (Wildman–Crippen MR) is 62.5 cm³/mol. The van der Waals surface area contributed by atoms with Gasteiger partial charge in [0.2, 0.25) is 0 Å². The molecule has 0 spiro atoms. The van der Waals surface area contributed by atoms with E-state index in [9.17, 15) is 9.59 Å². The van der Waals surface area contributed by atoms with E-state index in [0.717, 1.165) is 10.1 Å². The molecule has 2 rings (SSSR count). The second-order valence-electron chi connectivity index (χ2n) is 3.12. The summed E-state index contributed by atoms with van der Waals surface area (Å²) in [7, 11) is 1.17. The minimum absolute atomic E-state index is 0.585. The van der Waals surface area contributed by atoms with Gasteiger partial charge in [0, 0.05) is 10.4 Å². The van der Waals surface area contributed by atoms with Crippen LogP contribution < -0.4 is 5.32 Å². The third-order valence-corrected chi connectivity index (χ3v) is 2.98. The van der Waals surface area contributed by atoms with Gasteiger partial charge in [-0.25, -0.2) is 4.79 Å². The SMILES string of the molecule is COC(=O)C(=O)Nc1ccc2sccc2c1. The van der Waals surface area contributed by atoms with Gasteiger partial charge < -0.3 is 10.1 Å². The normalized spacial score (nSPS) is 10.1. The Balaban J connectivity index is 2.21. The topological polar surface area (TPSA) is 55.4 Å². The Bertz CT molecular complexity index is 547. The van der Waals surface area contributed by atoms with Crippen LogP contribution in [0, 0.1) is 0 Å². The first kappa shape index (κ1) is 10.6. The van der Waals surface area contributed by atoms with Gasteiger partial charge in [-0.05, 0) is 35.0 Å². The number of hydrogen-bond acceptors (Lipinski definition) is 4. The zero-order valence-corrected chi connectivity index (χ0v) is 9.34. The minimum atomic E-state index is -0.898. The number of methoxy groups -OCH3 is 1. The Labute approximate surface area is 95.8 Å². The Morgan fingerprint density at radius 1 is 1.31 bits per heavy atom. The third kappa shape index (κ3) is 2.04. The molecular formula is C11H9NO3S. The van der Waals surface area contributed by atoms with E-state index in [0.29, 0.717) is 5.69 Å². The maximum Gasteiger partial charge on any atom is 0.396 e. The zero-order valence-electron chi connectivity index (χ0n) is 8.52. The van der Waals surface area contributed by atoms with Crippen LogP contribution in [-0.4, -0.2) is 19.0 Å². The fourth-order valence-electron chi connectivity index (χ4n) is 1.32. The van der Waals surface area contributed by atoms with Crippen LogP contribution in [0.15, 0.2) is 29.6 Å². The van der Waals surface area contributed by atoms with Crippen LogP contribution >= 0.6 is 11.3 Å². The number of hydrogen-bond donors (Lipinski definition) is 1. The largest absolute Gasteiger partial charge is 0.462 e. The lowest BCUT2D eigenvalue weighted by atomic mass is 10.2. The molecule has 0 unspecified atom stereocenters. The number of ether oxygens (including phenoxy) is 1. The van der Waals surface area contributed by atoms with Crippen molar-refractivity contribution < 1.29 is 14.3 Å². The van der Waals surface area contributed by atoms with Gasteiger partial charge in [-0.2, -0.15) is 0 Å². The smallest absolute Gasteiger partial charge is 0.396 e. The number of esters is 1. The van der Waals surface area contributed by atoms with Crippen LogP contribution in [0.2, 0.25) is 0 Å². The maximum atomic E-state index is 11.2. The van der Waals surface area contributed by atoms with Crippen molar-refractivity contribution in [2.45, 2.75) is 0 Å². The second-order valence-corrected chi connectivity index (χ2v) is 4.07. The molecular weight excluding hydrogens is 226 g/mol. The molecule has 1 N–H and O–H groups in total. The molecule has 0 radical (unpaired) electrons. The highest BCUT2D eigenvalue weighted by molar-refractivity contribution is 7.17. The monoisotopic (exact) mass is 235 g/mol. The number of anilines is 1. The molecule has 0 aliphatic rings. The fraction of sp³-hybridized carbons (Fsp3) is 0.0909. The van der Waals surface area contributed by atoms with Crippen LogP contribution in [-0.2, 0) is 14.3 Å². The summed E-state index contributed by atoms with van der Waals surface area (Å²) >= 11 is 1.62. The van der Waals surface area contributed by atoms with Crippen LogP contribution in [0.5, 0.6) is 0 Å². The highest BCUT2D eigenvalue weighted by Gasteiger charge is 2.13. The van der Waals surface area contributed by atoms with Crippen molar-refractivity contribution in [3.8, 4) is 0 Å². The molecule has 82 valence electrons. The number of rotatable bonds is 1. The van der Waals surface area contributed by atoms with Gasteiger partial charge in [0.05, 0.1) is 7.11 Å². The molecule has 0 bridgehead atoms. The first-order valence-electron chi connectivity index (χ1n) is 4.57. The van der Waals surface area contributed by atoms with Crippen LogP contribution in [0.3, 0.4) is 0 Å². The molecule has 1 aromatic heterocycles. The second kappa shape index (κ2) is 4.32. The van der Waals surface area contributed by atoms with Crippen molar-refractivity contribution in [2.75, 3.05) is 12.4 Å². The highest BCUT2D eigenvalue weighted by Crippen LogP contribution is 2.23. The zero-order chi connectivity index (χ0) is 11.5. The highest BCUT2D eigenvalue weighted by atomic mass is 32.1. The number of carbonyl (C=O) groups excluding carboxylic acids is 2. The van der Waals surface area contributed by atoms with Gasteiger partial charge in [-0.1, -0.05) is 0 Å². The minimum Gasteiger partial charge on any atom is -0.462 e. The number of carbonyl (C=O) groups is 2. The molecule has 2 aromatic rings. The number of benzene rings is 1. The van der Waals surface area contributed by atoms with Crippen LogP contribution in [0.1, 0.15) is 0 Å². The Morgan fingerprint density at radius 3 is 2.88 bits per heavy atom. The van der Waals surface area contributed by atoms with E-state index in [2.05, 4.69) is 10.1 Å². The molecule has 1 amide bonds. The molecule has 0 aliphatic heterocycles. The summed E-state index contributed by atoms with van der Waals surface area (Å²) in [6.07, 6.45) is 0. The molecule has 4 nitrogen and oxygen atoms in total. The first-order chi connectivity index (χ1) is 7.70. The molecule has 0 aliphatic carbocycles. The van der Waals surface area contributed by atoms with E-state index in [1.807, 2.05) is 23.6 Å².